The van der Waals surface area contributed by atoms with Crippen molar-refractivity contribution >= 4 is 44.0 Å². The van der Waals surface area contributed by atoms with E-state index in [4.69, 9.17) is 9.47 Å². The van der Waals surface area contributed by atoms with E-state index in [1.165, 1.54) is 0 Å². The fourth-order valence-corrected chi connectivity index (χ4v) is 5.61. The Labute approximate surface area is 220 Å². The minimum atomic E-state index is 0.111. The van der Waals surface area contributed by atoms with Crippen LogP contribution in [0.4, 0.5) is 11.5 Å². The van der Waals surface area contributed by atoms with Gasteiger partial charge >= 0.3 is 0 Å². The maximum Gasteiger partial charge on any atom is 0.145 e. The lowest BCUT2D eigenvalue weighted by Gasteiger charge is -2.30. The van der Waals surface area contributed by atoms with Crippen molar-refractivity contribution in [1.29, 1.82) is 0 Å². The summed E-state index contributed by atoms with van der Waals surface area (Å²) < 4.78 is 13.2. The third-order valence-corrected chi connectivity index (χ3v) is 7.60. The normalized spacial score (nSPS) is 19.0. The molecule has 37 heavy (non-hydrogen) atoms. The van der Waals surface area contributed by atoms with E-state index in [0.717, 1.165) is 103 Å². The van der Waals surface area contributed by atoms with Gasteiger partial charge in [0.05, 0.1) is 46.4 Å². The lowest BCUT2D eigenvalue weighted by Crippen LogP contribution is -2.38. The first kappa shape index (κ1) is 24.1. The van der Waals surface area contributed by atoms with E-state index in [1.54, 1.807) is 17.7 Å². The Bertz CT molecular complexity index is 1460. The van der Waals surface area contributed by atoms with Crippen LogP contribution in [0.3, 0.4) is 0 Å². The number of anilines is 2. The Kier molecular flexibility index (Phi) is 7.15. The molecule has 0 bridgehead atoms. The molecule has 9 heteroatoms. The smallest absolute Gasteiger partial charge is 0.145 e. The van der Waals surface area contributed by atoms with Crippen LogP contribution in [-0.2, 0) is 4.74 Å². The maximum absolute atomic E-state index is 6.65. The van der Waals surface area contributed by atoms with E-state index in [-0.39, 0.29) is 6.10 Å². The number of morpholine rings is 1. The Morgan fingerprint density at radius 3 is 2.92 bits per heavy atom. The standard InChI is InChI=1S/C28H30N6O2S/c1-33-8-3-5-22(17-33)36-25-15-20(4-2-9-34-10-12-35-13-11-34)14-24-27(25)28(30-18-29-24)32-21-6-7-23-26(16-21)37-19-31-23/h6-7,14-16,18-19,22H,3,5,8-13,17H2,1H3,(H,29,30,32)/t22-/m0/s1. The number of nitrogens with one attached hydrogen (secondary N) is 1. The van der Waals surface area contributed by atoms with Crippen molar-refractivity contribution in [3.63, 3.8) is 0 Å². The molecule has 0 radical (unpaired) electrons. The summed E-state index contributed by atoms with van der Waals surface area (Å²) in [5.41, 5.74) is 5.52. The van der Waals surface area contributed by atoms with Gasteiger partial charge < -0.3 is 19.7 Å². The molecule has 2 aliphatic heterocycles. The molecular weight excluding hydrogens is 484 g/mol. The Morgan fingerprint density at radius 1 is 1.11 bits per heavy atom. The molecule has 2 fully saturated rings. The first-order valence-electron chi connectivity index (χ1n) is 12.7. The predicted octanol–water partition coefficient (Wildman–Crippen LogP) is 4.14. The Morgan fingerprint density at radius 2 is 2.03 bits per heavy atom. The number of thiazole rings is 1. The minimum Gasteiger partial charge on any atom is -0.488 e. The first-order valence-corrected chi connectivity index (χ1v) is 13.6. The fourth-order valence-electron chi connectivity index (χ4n) is 4.89. The SMILES string of the molecule is CN1CCC[C@H](Oc2cc(C#CCN3CCOCC3)cc3ncnc(Nc4ccc5ncsc5c4)c23)C1. The second-order valence-corrected chi connectivity index (χ2v) is 10.5. The summed E-state index contributed by atoms with van der Waals surface area (Å²) in [6.07, 6.45) is 3.85. The third-order valence-electron chi connectivity index (χ3n) is 6.81. The molecule has 0 amide bonds. The number of piperidine rings is 1. The minimum absolute atomic E-state index is 0.111. The number of fused-ring (bicyclic) bond motifs is 2. The predicted molar refractivity (Wildman–Crippen MR) is 148 cm³/mol. The summed E-state index contributed by atoms with van der Waals surface area (Å²) in [5.74, 6) is 8.18. The van der Waals surface area contributed by atoms with Crippen molar-refractivity contribution in [2.75, 3.05) is 58.3 Å². The van der Waals surface area contributed by atoms with Gasteiger partial charge in [0.1, 0.15) is 24.0 Å². The highest BCUT2D eigenvalue weighted by Crippen LogP contribution is 2.35. The van der Waals surface area contributed by atoms with Crippen molar-refractivity contribution in [2.45, 2.75) is 18.9 Å². The molecule has 0 spiro atoms. The molecule has 190 valence electrons. The third kappa shape index (κ3) is 5.68. The van der Waals surface area contributed by atoms with E-state index in [0.29, 0.717) is 0 Å². The summed E-state index contributed by atoms with van der Waals surface area (Å²) in [4.78, 5) is 18.2. The summed E-state index contributed by atoms with van der Waals surface area (Å²) in [7, 11) is 2.15. The molecule has 2 saturated heterocycles. The summed E-state index contributed by atoms with van der Waals surface area (Å²) >= 11 is 1.62. The van der Waals surface area contributed by atoms with Crippen LogP contribution in [-0.4, -0.2) is 83.8 Å². The average Bonchev–Trinajstić information content (AvgIpc) is 3.37. The fraction of sp³-hybridized carbons (Fsp3) is 0.393. The zero-order valence-corrected chi connectivity index (χ0v) is 21.8. The van der Waals surface area contributed by atoms with Crippen molar-refractivity contribution in [1.82, 2.24) is 24.8 Å². The summed E-state index contributed by atoms with van der Waals surface area (Å²) in [6.45, 7) is 6.11. The average molecular weight is 515 g/mol. The van der Waals surface area contributed by atoms with Gasteiger partial charge in [-0.25, -0.2) is 15.0 Å². The number of likely N-dealkylation sites (N-methyl/N-ethyl adjacent to an activating group) is 1. The van der Waals surface area contributed by atoms with Gasteiger partial charge in [-0.1, -0.05) is 11.8 Å². The number of likely N-dealkylation sites (tertiary alicyclic amines) is 1. The van der Waals surface area contributed by atoms with Gasteiger partial charge in [-0.05, 0) is 56.8 Å². The summed E-state index contributed by atoms with van der Waals surface area (Å²) in [5, 5.41) is 4.38. The molecule has 2 aromatic heterocycles. The molecule has 4 heterocycles. The number of nitrogens with zero attached hydrogens (tertiary/aromatic N) is 5. The van der Waals surface area contributed by atoms with Crippen LogP contribution in [0.5, 0.6) is 5.75 Å². The molecule has 6 rings (SSSR count). The molecule has 1 N–H and O–H groups in total. The van der Waals surface area contributed by atoms with E-state index in [9.17, 15) is 0 Å². The van der Waals surface area contributed by atoms with Gasteiger partial charge in [-0.15, -0.1) is 11.3 Å². The van der Waals surface area contributed by atoms with Gasteiger partial charge in [-0.3, -0.25) is 4.90 Å². The number of benzene rings is 2. The van der Waals surface area contributed by atoms with Crippen LogP contribution in [0, 0.1) is 11.8 Å². The van der Waals surface area contributed by atoms with Crippen molar-refractivity contribution in [3.05, 3.63) is 47.7 Å². The lowest BCUT2D eigenvalue weighted by atomic mass is 10.1. The molecule has 4 aromatic rings. The van der Waals surface area contributed by atoms with E-state index < -0.39 is 0 Å². The highest BCUT2D eigenvalue weighted by molar-refractivity contribution is 7.16. The van der Waals surface area contributed by atoms with E-state index in [1.807, 2.05) is 29.8 Å². The van der Waals surface area contributed by atoms with E-state index in [2.05, 4.69) is 55.0 Å². The largest absolute Gasteiger partial charge is 0.488 e. The lowest BCUT2D eigenvalue weighted by molar-refractivity contribution is 0.0443. The monoisotopic (exact) mass is 514 g/mol. The number of ether oxygens (including phenoxy) is 2. The Hall–Kier alpha value is -3.29. The van der Waals surface area contributed by atoms with Crippen molar-refractivity contribution in [3.8, 4) is 17.6 Å². The molecule has 2 aliphatic rings. The van der Waals surface area contributed by atoms with Crippen LogP contribution in [0.15, 0.2) is 42.2 Å². The van der Waals surface area contributed by atoms with Gasteiger partial charge in [0.25, 0.3) is 0 Å². The van der Waals surface area contributed by atoms with Crippen LogP contribution >= 0.6 is 11.3 Å². The number of aromatic nitrogens is 3. The van der Waals surface area contributed by atoms with Crippen LogP contribution in [0.2, 0.25) is 0 Å². The van der Waals surface area contributed by atoms with Crippen LogP contribution in [0.25, 0.3) is 21.1 Å². The molecule has 0 unspecified atom stereocenters. The number of hydrogen-bond acceptors (Lipinski definition) is 9. The molecule has 2 aromatic carbocycles. The van der Waals surface area contributed by atoms with E-state index >= 15 is 0 Å². The molecule has 1 atom stereocenters. The van der Waals surface area contributed by atoms with Crippen molar-refractivity contribution in [2.24, 2.45) is 0 Å². The van der Waals surface area contributed by atoms with Crippen LogP contribution < -0.4 is 10.1 Å². The van der Waals surface area contributed by atoms with Gasteiger partial charge in [0, 0.05) is 30.9 Å². The first-order chi connectivity index (χ1) is 18.2. The summed E-state index contributed by atoms with van der Waals surface area (Å²) in [6, 6.07) is 10.2. The topological polar surface area (TPSA) is 75.6 Å². The second-order valence-electron chi connectivity index (χ2n) is 9.59. The molecule has 8 nitrogen and oxygen atoms in total. The van der Waals surface area contributed by atoms with Crippen molar-refractivity contribution < 1.29 is 9.47 Å². The van der Waals surface area contributed by atoms with Crippen LogP contribution in [0.1, 0.15) is 18.4 Å². The van der Waals surface area contributed by atoms with Gasteiger partial charge in [-0.2, -0.15) is 0 Å². The number of hydrogen-bond donors (Lipinski definition) is 1. The maximum atomic E-state index is 6.65. The Balaban J connectivity index is 1.35. The highest BCUT2D eigenvalue weighted by Gasteiger charge is 2.21. The second kappa shape index (κ2) is 11.0. The molecular formula is C28H30N6O2S. The zero-order chi connectivity index (χ0) is 25.0. The molecule has 0 aliphatic carbocycles. The molecule has 0 saturated carbocycles. The van der Waals surface area contributed by atoms with Gasteiger partial charge in [0.2, 0.25) is 0 Å². The quantitative estimate of drug-likeness (QED) is 0.399. The highest BCUT2D eigenvalue weighted by atomic mass is 32.1. The zero-order valence-electron chi connectivity index (χ0n) is 20.9. The number of rotatable bonds is 5. The van der Waals surface area contributed by atoms with Gasteiger partial charge in [0.15, 0.2) is 0 Å².